The molecule has 2 nitrogen and oxygen atoms in total. The zero-order valence-corrected chi connectivity index (χ0v) is 13.9. The minimum Gasteiger partial charge on any atom is -0.348 e. The molecule has 2 atom stereocenters. The molecule has 0 bridgehead atoms. The third-order valence-corrected chi connectivity index (χ3v) is 5.35. The average Bonchev–Trinajstić information content (AvgIpc) is 2.57. The van der Waals surface area contributed by atoms with E-state index in [9.17, 15) is 9.18 Å². The molecule has 0 fully saturated rings. The standard InChI is InChI=1S/C19H20FNOS/c1-13(23-18-12-5-4-10-16(18)20)19(22)21-17-11-6-8-14-7-2-3-9-15(14)17/h2-5,7,9-10,12-13,17H,6,8,11H2,1H3,(H,21,22)/t13-,17-/m0/s1. The van der Waals surface area contributed by atoms with Crippen LogP contribution in [0.1, 0.15) is 36.9 Å². The van der Waals surface area contributed by atoms with E-state index in [1.807, 2.05) is 19.1 Å². The topological polar surface area (TPSA) is 29.1 Å². The van der Waals surface area contributed by atoms with Gasteiger partial charge in [0.05, 0.1) is 11.3 Å². The van der Waals surface area contributed by atoms with Crippen LogP contribution in [-0.2, 0) is 11.2 Å². The highest BCUT2D eigenvalue weighted by atomic mass is 32.2. The average molecular weight is 329 g/mol. The summed E-state index contributed by atoms with van der Waals surface area (Å²) in [5.74, 6) is -0.319. The number of nitrogens with one attached hydrogen (secondary N) is 1. The Morgan fingerprint density at radius 2 is 1.96 bits per heavy atom. The second-order valence-corrected chi connectivity index (χ2v) is 7.23. The molecule has 1 aliphatic carbocycles. The van der Waals surface area contributed by atoms with Gasteiger partial charge in [-0.05, 0) is 49.4 Å². The lowest BCUT2D eigenvalue weighted by molar-refractivity contribution is -0.121. The van der Waals surface area contributed by atoms with Crippen molar-refractivity contribution >= 4 is 17.7 Å². The molecule has 120 valence electrons. The number of hydrogen-bond donors (Lipinski definition) is 1. The van der Waals surface area contributed by atoms with Gasteiger partial charge >= 0.3 is 0 Å². The van der Waals surface area contributed by atoms with E-state index in [0.717, 1.165) is 19.3 Å². The first-order valence-corrected chi connectivity index (χ1v) is 8.82. The Labute approximate surface area is 140 Å². The first-order valence-electron chi connectivity index (χ1n) is 7.94. The molecule has 0 heterocycles. The summed E-state index contributed by atoms with van der Waals surface area (Å²) in [5.41, 5.74) is 2.54. The monoisotopic (exact) mass is 329 g/mol. The summed E-state index contributed by atoms with van der Waals surface area (Å²) in [5, 5.41) is 2.80. The van der Waals surface area contributed by atoms with E-state index in [-0.39, 0.29) is 23.0 Å². The number of rotatable bonds is 4. The van der Waals surface area contributed by atoms with Crippen molar-refractivity contribution in [2.75, 3.05) is 0 Å². The minimum atomic E-state index is -0.332. The number of aryl methyl sites for hydroxylation is 1. The Kier molecular flexibility index (Phi) is 5.01. The van der Waals surface area contributed by atoms with Crippen molar-refractivity contribution in [3.63, 3.8) is 0 Å². The number of carbonyl (C=O) groups is 1. The van der Waals surface area contributed by atoms with Gasteiger partial charge in [0.2, 0.25) is 5.91 Å². The van der Waals surface area contributed by atoms with E-state index in [1.54, 1.807) is 18.2 Å². The molecule has 0 saturated carbocycles. The van der Waals surface area contributed by atoms with E-state index < -0.39 is 0 Å². The molecular formula is C19H20FNOS. The molecule has 1 aliphatic rings. The molecule has 0 unspecified atom stereocenters. The summed E-state index contributed by atoms with van der Waals surface area (Å²) in [6.07, 6.45) is 3.11. The van der Waals surface area contributed by atoms with Gasteiger partial charge in [0.25, 0.3) is 0 Å². The van der Waals surface area contributed by atoms with Crippen molar-refractivity contribution in [3.8, 4) is 0 Å². The van der Waals surface area contributed by atoms with Gasteiger partial charge in [-0.1, -0.05) is 36.4 Å². The van der Waals surface area contributed by atoms with Gasteiger partial charge < -0.3 is 5.32 Å². The molecule has 3 rings (SSSR count). The van der Waals surface area contributed by atoms with Gasteiger partial charge in [-0.15, -0.1) is 11.8 Å². The summed E-state index contributed by atoms with van der Waals surface area (Å²) >= 11 is 1.26. The molecule has 0 aromatic heterocycles. The quantitative estimate of drug-likeness (QED) is 0.837. The van der Waals surface area contributed by atoms with Crippen LogP contribution in [0.15, 0.2) is 53.4 Å². The Balaban J connectivity index is 1.67. The Hall–Kier alpha value is -1.81. The Morgan fingerprint density at radius 1 is 1.22 bits per heavy atom. The molecule has 1 amide bonds. The maximum atomic E-state index is 13.7. The van der Waals surface area contributed by atoms with Crippen LogP contribution in [0.25, 0.3) is 0 Å². The maximum Gasteiger partial charge on any atom is 0.233 e. The van der Waals surface area contributed by atoms with Crippen LogP contribution in [0.4, 0.5) is 4.39 Å². The van der Waals surface area contributed by atoms with E-state index in [0.29, 0.717) is 4.90 Å². The van der Waals surface area contributed by atoms with Gasteiger partial charge in [0, 0.05) is 4.90 Å². The number of fused-ring (bicyclic) bond motifs is 1. The lowest BCUT2D eigenvalue weighted by Gasteiger charge is -2.27. The van der Waals surface area contributed by atoms with Crippen LogP contribution in [0.3, 0.4) is 0 Å². The molecule has 4 heteroatoms. The predicted octanol–water partition coefficient (Wildman–Crippen LogP) is 4.50. The summed E-state index contributed by atoms with van der Waals surface area (Å²) in [4.78, 5) is 13.0. The first-order chi connectivity index (χ1) is 11.1. The molecular weight excluding hydrogens is 309 g/mol. The number of benzene rings is 2. The van der Waals surface area contributed by atoms with Crippen LogP contribution in [0.2, 0.25) is 0 Å². The molecule has 2 aromatic carbocycles. The summed E-state index contributed by atoms with van der Waals surface area (Å²) in [7, 11) is 0. The normalized spacial score (nSPS) is 18.1. The van der Waals surface area contributed by atoms with E-state index >= 15 is 0 Å². The fourth-order valence-electron chi connectivity index (χ4n) is 2.98. The third kappa shape index (κ3) is 3.75. The number of halogens is 1. The maximum absolute atomic E-state index is 13.7. The van der Waals surface area contributed by atoms with Crippen molar-refractivity contribution in [2.45, 2.75) is 42.4 Å². The third-order valence-electron chi connectivity index (χ3n) is 4.20. The molecule has 1 N–H and O–H groups in total. The van der Waals surface area contributed by atoms with Crippen LogP contribution in [0.5, 0.6) is 0 Å². The van der Waals surface area contributed by atoms with Crippen molar-refractivity contribution in [2.24, 2.45) is 0 Å². The summed E-state index contributed by atoms with van der Waals surface area (Å²) < 4.78 is 13.7. The van der Waals surface area contributed by atoms with Gasteiger partial charge in [-0.25, -0.2) is 4.39 Å². The Bertz CT molecular complexity index is 703. The number of carbonyl (C=O) groups excluding carboxylic acids is 1. The summed E-state index contributed by atoms with van der Waals surface area (Å²) in [6.45, 7) is 1.82. The second kappa shape index (κ2) is 7.18. The fraction of sp³-hybridized carbons (Fsp3) is 0.316. The van der Waals surface area contributed by atoms with Crippen molar-refractivity contribution < 1.29 is 9.18 Å². The molecule has 23 heavy (non-hydrogen) atoms. The first kappa shape index (κ1) is 16.1. The smallest absolute Gasteiger partial charge is 0.233 e. The van der Waals surface area contributed by atoms with Crippen LogP contribution < -0.4 is 5.32 Å². The second-order valence-electron chi connectivity index (χ2n) is 5.84. The van der Waals surface area contributed by atoms with E-state index in [2.05, 4.69) is 17.4 Å². The van der Waals surface area contributed by atoms with Crippen LogP contribution >= 0.6 is 11.8 Å². The molecule has 0 radical (unpaired) electrons. The molecule has 0 aliphatic heterocycles. The fourth-order valence-corrected chi connectivity index (χ4v) is 3.87. The van der Waals surface area contributed by atoms with Crippen molar-refractivity contribution in [3.05, 3.63) is 65.5 Å². The van der Waals surface area contributed by atoms with E-state index in [4.69, 9.17) is 0 Å². The van der Waals surface area contributed by atoms with Crippen molar-refractivity contribution in [1.29, 1.82) is 0 Å². The predicted molar refractivity (Wildman–Crippen MR) is 92.0 cm³/mol. The molecule has 0 saturated heterocycles. The van der Waals surface area contributed by atoms with Gasteiger partial charge in [-0.2, -0.15) is 0 Å². The van der Waals surface area contributed by atoms with E-state index in [1.165, 1.54) is 29.0 Å². The number of thioether (sulfide) groups is 1. The Morgan fingerprint density at radius 3 is 2.78 bits per heavy atom. The highest BCUT2D eigenvalue weighted by molar-refractivity contribution is 8.00. The van der Waals surface area contributed by atoms with Gasteiger partial charge in [-0.3, -0.25) is 4.79 Å². The highest BCUT2D eigenvalue weighted by Gasteiger charge is 2.24. The number of hydrogen-bond acceptors (Lipinski definition) is 2. The van der Waals surface area contributed by atoms with Gasteiger partial charge in [0.1, 0.15) is 5.82 Å². The lowest BCUT2D eigenvalue weighted by Crippen LogP contribution is -2.35. The van der Waals surface area contributed by atoms with Crippen molar-refractivity contribution in [1.82, 2.24) is 5.32 Å². The zero-order chi connectivity index (χ0) is 16.2. The molecule has 2 aromatic rings. The molecule has 0 spiro atoms. The highest BCUT2D eigenvalue weighted by Crippen LogP contribution is 2.31. The lowest BCUT2D eigenvalue weighted by atomic mass is 9.88. The zero-order valence-electron chi connectivity index (χ0n) is 13.1. The minimum absolute atomic E-state index is 0.0417. The largest absolute Gasteiger partial charge is 0.348 e. The van der Waals surface area contributed by atoms with Crippen LogP contribution in [0, 0.1) is 5.82 Å². The van der Waals surface area contributed by atoms with Gasteiger partial charge in [0.15, 0.2) is 0 Å². The SMILES string of the molecule is C[C@H](Sc1ccccc1F)C(=O)N[C@H]1CCCc2ccccc21. The number of amides is 1. The van der Waals surface area contributed by atoms with Crippen LogP contribution in [-0.4, -0.2) is 11.2 Å². The summed E-state index contributed by atoms with van der Waals surface area (Å²) in [6, 6.07) is 14.9.